The average Bonchev–Trinajstić information content (AvgIpc) is 2.93. The van der Waals surface area contributed by atoms with Crippen LogP contribution in [0.2, 0.25) is 0 Å². The summed E-state index contributed by atoms with van der Waals surface area (Å²) in [7, 11) is 0. The van der Waals surface area contributed by atoms with Crippen molar-refractivity contribution in [2.24, 2.45) is 10.1 Å². The van der Waals surface area contributed by atoms with Crippen LogP contribution in [0.3, 0.4) is 0 Å². The lowest BCUT2D eigenvalue weighted by Gasteiger charge is -1.98. The minimum Gasteiger partial charge on any atom is -0.218 e. The van der Waals surface area contributed by atoms with Crippen molar-refractivity contribution in [3.05, 3.63) is 77.6 Å². The minimum absolute atomic E-state index is 0.452. The summed E-state index contributed by atoms with van der Waals surface area (Å²) >= 11 is 0. The maximum Gasteiger partial charge on any atom is 0.271 e. The quantitative estimate of drug-likeness (QED) is 0.692. The Labute approximate surface area is 128 Å². The molecule has 0 bridgehead atoms. The van der Waals surface area contributed by atoms with Gasteiger partial charge in [-0.1, -0.05) is 60.7 Å². The van der Waals surface area contributed by atoms with Crippen LogP contribution in [0.15, 0.2) is 70.8 Å². The first-order valence-electron chi connectivity index (χ1n) is 6.93. The third kappa shape index (κ3) is 3.32. The fraction of sp³-hybridized carbons (Fsp3) is 0.0588. The van der Waals surface area contributed by atoms with E-state index in [9.17, 15) is 0 Å². The second-order valence-electron chi connectivity index (χ2n) is 4.68. The standard InChI is InChI=1S/C17H15N5/c1-14-20-21-17(18-12-15-8-4-2-5-9-15)22(14)19-13-16-10-6-3-7-11-16/h2-13H,1H3/b18-12?,19-13+. The first-order valence-corrected chi connectivity index (χ1v) is 6.93. The third-order valence-corrected chi connectivity index (χ3v) is 3.03. The van der Waals surface area contributed by atoms with Crippen LogP contribution >= 0.6 is 0 Å². The van der Waals surface area contributed by atoms with Gasteiger partial charge in [-0.2, -0.15) is 9.78 Å². The summed E-state index contributed by atoms with van der Waals surface area (Å²) in [5, 5.41) is 12.5. The molecule has 5 nitrogen and oxygen atoms in total. The first kappa shape index (κ1) is 13.9. The fourth-order valence-corrected chi connectivity index (χ4v) is 1.90. The normalized spacial score (nSPS) is 11.5. The average molecular weight is 289 g/mol. The van der Waals surface area contributed by atoms with Crippen LogP contribution in [0.4, 0.5) is 5.95 Å². The molecule has 0 spiro atoms. The van der Waals surface area contributed by atoms with Crippen molar-refractivity contribution >= 4 is 18.4 Å². The molecule has 3 aromatic rings. The van der Waals surface area contributed by atoms with E-state index in [1.807, 2.05) is 67.6 Å². The Bertz CT molecular complexity index is 788. The van der Waals surface area contributed by atoms with Gasteiger partial charge in [0.2, 0.25) is 0 Å². The van der Waals surface area contributed by atoms with Crippen LogP contribution in [-0.4, -0.2) is 27.3 Å². The Morgan fingerprint density at radius 1 is 0.818 bits per heavy atom. The Morgan fingerprint density at radius 3 is 2.05 bits per heavy atom. The van der Waals surface area contributed by atoms with E-state index in [2.05, 4.69) is 20.3 Å². The van der Waals surface area contributed by atoms with Gasteiger partial charge in [0.05, 0.1) is 6.21 Å². The van der Waals surface area contributed by atoms with E-state index in [-0.39, 0.29) is 0 Å². The van der Waals surface area contributed by atoms with Crippen molar-refractivity contribution in [2.45, 2.75) is 6.92 Å². The molecular weight excluding hydrogens is 274 g/mol. The van der Waals surface area contributed by atoms with Gasteiger partial charge in [0.25, 0.3) is 5.95 Å². The lowest BCUT2D eigenvalue weighted by molar-refractivity contribution is 0.834. The minimum atomic E-state index is 0.452. The van der Waals surface area contributed by atoms with E-state index in [0.29, 0.717) is 11.8 Å². The molecule has 0 saturated carbocycles. The summed E-state index contributed by atoms with van der Waals surface area (Å²) < 4.78 is 1.62. The van der Waals surface area contributed by atoms with Crippen LogP contribution in [0.5, 0.6) is 0 Å². The molecule has 0 radical (unpaired) electrons. The predicted molar refractivity (Wildman–Crippen MR) is 87.9 cm³/mol. The molecule has 0 aliphatic heterocycles. The van der Waals surface area contributed by atoms with Crippen molar-refractivity contribution in [2.75, 3.05) is 0 Å². The number of aromatic nitrogens is 3. The molecule has 0 unspecified atom stereocenters. The molecule has 1 heterocycles. The van der Waals surface area contributed by atoms with Gasteiger partial charge in [0.1, 0.15) is 0 Å². The third-order valence-electron chi connectivity index (χ3n) is 3.03. The topological polar surface area (TPSA) is 55.4 Å². The highest BCUT2D eigenvalue weighted by Gasteiger charge is 2.05. The number of nitrogens with zero attached hydrogens (tertiary/aromatic N) is 5. The number of rotatable bonds is 4. The molecule has 1 aromatic heterocycles. The Balaban J connectivity index is 1.85. The van der Waals surface area contributed by atoms with Gasteiger partial charge < -0.3 is 0 Å². The number of hydrogen-bond donors (Lipinski definition) is 0. The molecule has 0 fully saturated rings. The van der Waals surface area contributed by atoms with Crippen LogP contribution in [0, 0.1) is 6.92 Å². The van der Waals surface area contributed by atoms with Crippen LogP contribution in [-0.2, 0) is 0 Å². The molecule has 0 amide bonds. The predicted octanol–water partition coefficient (Wildman–Crippen LogP) is 3.22. The van der Waals surface area contributed by atoms with E-state index in [0.717, 1.165) is 11.1 Å². The van der Waals surface area contributed by atoms with Gasteiger partial charge in [-0.3, -0.25) is 0 Å². The van der Waals surface area contributed by atoms with Crippen LogP contribution in [0.25, 0.3) is 0 Å². The smallest absolute Gasteiger partial charge is 0.218 e. The lowest BCUT2D eigenvalue weighted by Crippen LogP contribution is -1.94. The molecule has 0 N–H and O–H groups in total. The van der Waals surface area contributed by atoms with Gasteiger partial charge in [0.15, 0.2) is 5.82 Å². The Kier molecular flexibility index (Phi) is 4.15. The molecule has 0 saturated heterocycles. The molecule has 108 valence electrons. The molecular formula is C17H15N5. The second kappa shape index (κ2) is 6.58. The van der Waals surface area contributed by atoms with E-state index >= 15 is 0 Å². The number of hydrogen-bond acceptors (Lipinski definition) is 4. The summed E-state index contributed by atoms with van der Waals surface area (Å²) in [5.41, 5.74) is 2.01. The Hall–Kier alpha value is -3.08. The molecule has 0 aliphatic rings. The van der Waals surface area contributed by atoms with Crippen molar-refractivity contribution in [3.8, 4) is 0 Å². The van der Waals surface area contributed by atoms with Gasteiger partial charge in [0, 0.05) is 6.21 Å². The Morgan fingerprint density at radius 2 is 1.41 bits per heavy atom. The van der Waals surface area contributed by atoms with E-state index in [4.69, 9.17) is 0 Å². The first-order chi connectivity index (χ1) is 10.8. The highest BCUT2D eigenvalue weighted by atomic mass is 15.5. The molecule has 5 heteroatoms. The van der Waals surface area contributed by atoms with Crippen molar-refractivity contribution in [3.63, 3.8) is 0 Å². The van der Waals surface area contributed by atoms with E-state index in [1.165, 1.54) is 0 Å². The zero-order chi connectivity index (χ0) is 15.2. The summed E-state index contributed by atoms with van der Waals surface area (Å²) in [6, 6.07) is 19.7. The van der Waals surface area contributed by atoms with Crippen molar-refractivity contribution < 1.29 is 0 Å². The van der Waals surface area contributed by atoms with Crippen molar-refractivity contribution in [1.82, 2.24) is 14.9 Å². The van der Waals surface area contributed by atoms with Crippen LogP contribution < -0.4 is 0 Å². The lowest BCUT2D eigenvalue weighted by atomic mass is 10.2. The number of aliphatic imine (C=N–C) groups is 1. The maximum absolute atomic E-state index is 4.40. The monoisotopic (exact) mass is 289 g/mol. The van der Waals surface area contributed by atoms with Crippen molar-refractivity contribution in [1.29, 1.82) is 0 Å². The molecule has 0 aliphatic carbocycles. The number of benzene rings is 2. The van der Waals surface area contributed by atoms with Gasteiger partial charge >= 0.3 is 0 Å². The second-order valence-corrected chi connectivity index (χ2v) is 4.68. The zero-order valence-corrected chi connectivity index (χ0v) is 12.2. The van der Waals surface area contributed by atoms with Gasteiger partial charge in [-0.25, -0.2) is 4.99 Å². The number of aryl methyl sites for hydroxylation is 1. The summed E-state index contributed by atoms with van der Waals surface area (Å²) in [4.78, 5) is 4.36. The molecule has 3 rings (SSSR count). The summed E-state index contributed by atoms with van der Waals surface area (Å²) in [5.74, 6) is 1.14. The molecule has 2 aromatic carbocycles. The molecule has 0 atom stereocenters. The van der Waals surface area contributed by atoms with Gasteiger partial charge in [-0.05, 0) is 18.1 Å². The largest absolute Gasteiger partial charge is 0.271 e. The molecule has 22 heavy (non-hydrogen) atoms. The van der Waals surface area contributed by atoms with Crippen LogP contribution in [0.1, 0.15) is 17.0 Å². The maximum atomic E-state index is 4.40. The summed E-state index contributed by atoms with van der Waals surface area (Å²) in [6.45, 7) is 1.84. The van der Waals surface area contributed by atoms with E-state index < -0.39 is 0 Å². The highest BCUT2D eigenvalue weighted by Crippen LogP contribution is 2.11. The summed E-state index contributed by atoms with van der Waals surface area (Å²) in [6.07, 6.45) is 3.51. The SMILES string of the molecule is Cc1nnc(N=Cc2ccccc2)n1/N=C/c1ccccc1. The fourth-order valence-electron chi connectivity index (χ4n) is 1.90. The zero-order valence-electron chi connectivity index (χ0n) is 12.2. The van der Waals surface area contributed by atoms with Gasteiger partial charge in [-0.15, -0.1) is 10.2 Å². The van der Waals surface area contributed by atoms with E-state index in [1.54, 1.807) is 17.1 Å². The highest BCUT2D eigenvalue weighted by molar-refractivity contribution is 5.81.